The van der Waals surface area contributed by atoms with Crippen LogP contribution in [0.2, 0.25) is 0 Å². The van der Waals surface area contributed by atoms with E-state index in [0.29, 0.717) is 32.0 Å². The fourth-order valence-electron chi connectivity index (χ4n) is 1.59. The Labute approximate surface area is 91.1 Å². The molecule has 0 aromatic carbocycles. The van der Waals surface area contributed by atoms with E-state index < -0.39 is 5.54 Å². The number of nitrogens with two attached hydrogens (primary N) is 1. The smallest absolute Gasteiger partial charge is 0.326 e. The molecule has 0 saturated carbocycles. The van der Waals surface area contributed by atoms with Gasteiger partial charge in [-0.05, 0) is 19.3 Å². The molecule has 15 heavy (non-hydrogen) atoms. The van der Waals surface area contributed by atoms with Crippen LogP contribution in [0, 0.1) is 5.92 Å². The second-order valence-corrected chi connectivity index (χ2v) is 4.19. The molecule has 4 heteroatoms. The fourth-order valence-corrected chi connectivity index (χ4v) is 1.59. The van der Waals surface area contributed by atoms with Gasteiger partial charge < -0.3 is 15.2 Å². The van der Waals surface area contributed by atoms with Crippen LogP contribution in [0.3, 0.4) is 0 Å². The van der Waals surface area contributed by atoms with Gasteiger partial charge in [-0.3, -0.25) is 4.79 Å². The van der Waals surface area contributed by atoms with E-state index in [0.717, 1.165) is 13.0 Å². The molecule has 0 bridgehead atoms. The van der Waals surface area contributed by atoms with E-state index >= 15 is 0 Å². The van der Waals surface area contributed by atoms with E-state index in [1.165, 1.54) is 0 Å². The number of ether oxygens (including phenoxy) is 2. The maximum atomic E-state index is 11.7. The molecule has 1 rings (SSSR count). The molecule has 1 saturated heterocycles. The largest absolute Gasteiger partial charge is 0.464 e. The first-order chi connectivity index (χ1) is 7.12. The summed E-state index contributed by atoms with van der Waals surface area (Å²) in [6.07, 6.45) is 2.20. The lowest BCUT2D eigenvalue weighted by molar-refractivity contribution is -0.151. The predicted molar refractivity (Wildman–Crippen MR) is 57.4 cm³/mol. The molecule has 1 heterocycles. The van der Waals surface area contributed by atoms with Crippen molar-refractivity contribution < 1.29 is 14.3 Å². The number of rotatable bonds is 5. The Morgan fingerprint density at radius 3 is 2.67 bits per heavy atom. The fraction of sp³-hybridized carbons (Fsp3) is 0.909. The quantitative estimate of drug-likeness (QED) is 0.697. The molecule has 2 N–H and O–H groups in total. The first kappa shape index (κ1) is 12.5. The monoisotopic (exact) mass is 215 g/mol. The van der Waals surface area contributed by atoms with E-state index in [1.54, 1.807) is 0 Å². The van der Waals surface area contributed by atoms with Crippen molar-refractivity contribution in [3.63, 3.8) is 0 Å². The van der Waals surface area contributed by atoms with Crippen LogP contribution in [0.1, 0.15) is 33.1 Å². The van der Waals surface area contributed by atoms with Crippen molar-refractivity contribution in [2.24, 2.45) is 11.7 Å². The highest BCUT2D eigenvalue weighted by Gasteiger charge is 2.32. The van der Waals surface area contributed by atoms with Gasteiger partial charge >= 0.3 is 5.97 Å². The summed E-state index contributed by atoms with van der Waals surface area (Å²) in [4.78, 5) is 11.7. The summed E-state index contributed by atoms with van der Waals surface area (Å²) in [5.41, 5.74) is 5.11. The average Bonchev–Trinajstić information content (AvgIpc) is 2.77. The zero-order valence-electron chi connectivity index (χ0n) is 9.62. The Morgan fingerprint density at radius 1 is 1.53 bits per heavy atom. The lowest BCUT2D eigenvalue weighted by Gasteiger charge is -2.24. The van der Waals surface area contributed by atoms with Crippen LogP contribution in [0.15, 0.2) is 0 Å². The van der Waals surface area contributed by atoms with Crippen LogP contribution in [0.4, 0.5) is 0 Å². The van der Waals surface area contributed by atoms with Crippen LogP contribution in [0.25, 0.3) is 0 Å². The molecule has 1 unspecified atom stereocenters. The molecule has 0 spiro atoms. The minimum absolute atomic E-state index is 0.278. The number of hydrogen-bond donors (Lipinski definition) is 1. The number of hydrogen-bond acceptors (Lipinski definition) is 4. The summed E-state index contributed by atoms with van der Waals surface area (Å²) in [6.45, 7) is 5.73. The molecule has 1 aliphatic heterocycles. The third-order valence-corrected chi connectivity index (χ3v) is 3.14. The Balaban J connectivity index is 2.33. The zero-order valence-corrected chi connectivity index (χ0v) is 9.62. The summed E-state index contributed by atoms with van der Waals surface area (Å²) >= 11 is 0. The first-order valence-electron chi connectivity index (χ1n) is 5.66. The molecule has 88 valence electrons. The minimum Gasteiger partial charge on any atom is -0.464 e. The maximum absolute atomic E-state index is 11.7. The molecule has 0 aliphatic carbocycles. The van der Waals surface area contributed by atoms with Crippen molar-refractivity contribution in [2.45, 2.75) is 38.6 Å². The molecule has 1 fully saturated rings. The highest BCUT2D eigenvalue weighted by atomic mass is 16.5. The molecule has 4 nitrogen and oxygen atoms in total. The summed E-state index contributed by atoms with van der Waals surface area (Å²) in [5, 5.41) is 0. The van der Waals surface area contributed by atoms with E-state index in [2.05, 4.69) is 0 Å². The first-order valence-corrected chi connectivity index (χ1v) is 5.66. The number of carbonyl (C=O) groups is 1. The third kappa shape index (κ3) is 3.18. The Bertz CT molecular complexity index is 208. The van der Waals surface area contributed by atoms with Crippen LogP contribution in [-0.2, 0) is 14.3 Å². The zero-order chi connectivity index (χ0) is 11.3. The van der Waals surface area contributed by atoms with Crippen molar-refractivity contribution >= 4 is 5.97 Å². The van der Waals surface area contributed by atoms with Gasteiger partial charge in [-0.1, -0.05) is 13.8 Å². The van der Waals surface area contributed by atoms with Crippen molar-refractivity contribution in [3.05, 3.63) is 0 Å². The van der Waals surface area contributed by atoms with Crippen molar-refractivity contribution in [2.75, 3.05) is 19.8 Å². The summed E-state index contributed by atoms with van der Waals surface area (Å²) < 4.78 is 10.4. The standard InChI is InChI=1S/C11H21NO3/c1-3-11(12,4-2)10(13)15-8-9-5-6-14-7-9/h9H,3-8,12H2,1-2H3. The van der Waals surface area contributed by atoms with Crippen molar-refractivity contribution in [3.8, 4) is 0 Å². The summed E-state index contributed by atoms with van der Waals surface area (Å²) in [6, 6.07) is 0. The normalized spacial score (nSPS) is 21.7. The molecular formula is C11H21NO3. The predicted octanol–water partition coefficient (Wildman–Crippen LogP) is 1.08. The van der Waals surface area contributed by atoms with Crippen molar-refractivity contribution in [1.29, 1.82) is 0 Å². The van der Waals surface area contributed by atoms with Gasteiger partial charge in [-0.2, -0.15) is 0 Å². The SMILES string of the molecule is CCC(N)(CC)C(=O)OCC1CCOC1. The molecule has 1 atom stereocenters. The average molecular weight is 215 g/mol. The highest BCUT2D eigenvalue weighted by Crippen LogP contribution is 2.17. The maximum Gasteiger partial charge on any atom is 0.326 e. The van der Waals surface area contributed by atoms with Crippen LogP contribution in [-0.4, -0.2) is 31.3 Å². The van der Waals surface area contributed by atoms with E-state index in [4.69, 9.17) is 15.2 Å². The van der Waals surface area contributed by atoms with Gasteiger partial charge in [0.25, 0.3) is 0 Å². The van der Waals surface area contributed by atoms with Crippen LogP contribution >= 0.6 is 0 Å². The van der Waals surface area contributed by atoms with Crippen molar-refractivity contribution in [1.82, 2.24) is 0 Å². The summed E-state index contributed by atoms with van der Waals surface area (Å²) in [5.74, 6) is 0.0753. The summed E-state index contributed by atoms with van der Waals surface area (Å²) in [7, 11) is 0. The lowest BCUT2D eigenvalue weighted by Crippen LogP contribution is -2.48. The highest BCUT2D eigenvalue weighted by molar-refractivity contribution is 5.80. The second kappa shape index (κ2) is 5.47. The molecule has 1 aliphatic rings. The lowest BCUT2D eigenvalue weighted by atomic mass is 9.94. The Kier molecular flexibility index (Phi) is 4.54. The van der Waals surface area contributed by atoms with Gasteiger partial charge in [0.1, 0.15) is 5.54 Å². The van der Waals surface area contributed by atoms with Gasteiger partial charge in [0, 0.05) is 12.5 Å². The number of carbonyl (C=O) groups excluding carboxylic acids is 1. The van der Waals surface area contributed by atoms with Gasteiger partial charge in [0.2, 0.25) is 0 Å². The number of esters is 1. The third-order valence-electron chi connectivity index (χ3n) is 3.14. The van der Waals surface area contributed by atoms with E-state index in [1.807, 2.05) is 13.8 Å². The van der Waals surface area contributed by atoms with Gasteiger partial charge in [-0.25, -0.2) is 0 Å². The Morgan fingerprint density at radius 2 is 2.20 bits per heavy atom. The van der Waals surface area contributed by atoms with Gasteiger partial charge in [0.15, 0.2) is 0 Å². The second-order valence-electron chi connectivity index (χ2n) is 4.19. The van der Waals surface area contributed by atoms with E-state index in [-0.39, 0.29) is 5.97 Å². The minimum atomic E-state index is -0.806. The molecule has 0 aromatic rings. The molecular weight excluding hydrogens is 194 g/mol. The van der Waals surface area contributed by atoms with Crippen LogP contribution in [0.5, 0.6) is 0 Å². The molecule has 0 amide bonds. The topological polar surface area (TPSA) is 61.6 Å². The van der Waals surface area contributed by atoms with E-state index in [9.17, 15) is 4.79 Å². The van der Waals surface area contributed by atoms with Crippen LogP contribution < -0.4 is 5.73 Å². The molecule has 0 aromatic heterocycles. The van der Waals surface area contributed by atoms with Gasteiger partial charge in [0.05, 0.1) is 13.2 Å². The Hall–Kier alpha value is -0.610. The van der Waals surface area contributed by atoms with Gasteiger partial charge in [-0.15, -0.1) is 0 Å². The molecule has 0 radical (unpaired) electrons.